The summed E-state index contributed by atoms with van der Waals surface area (Å²) < 4.78 is 19.8. The third kappa shape index (κ3) is 2.69. The van der Waals surface area contributed by atoms with Crippen LogP contribution in [0, 0.1) is 12.7 Å². The summed E-state index contributed by atoms with van der Waals surface area (Å²) in [6.45, 7) is 1.86. The Morgan fingerprint density at radius 2 is 2.25 bits per heavy atom. The normalized spacial score (nSPS) is 10.9. The molecule has 102 valence electrons. The molecule has 0 radical (unpaired) electrons. The molecule has 2 heterocycles. The lowest BCUT2D eigenvalue weighted by molar-refractivity contribution is 0.391. The molecule has 8 heteroatoms. The fourth-order valence-corrected chi connectivity index (χ4v) is 2.42. The summed E-state index contributed by atoms with van der Waals surface area (Å²) in [6, 6.07) is 7.95. The number of aromatic nitrogens is 5. The number of thioether (sulfide) groups is 1. The molecule has 20 heavy (non-hydrogen) atoms. The van der Waals surface area contributed by atoms with Crippen molar-refractivity contribution in [2.24, 2.45) is 0 Å². The first kappa shape index (κ1) is 12.8. The van der Waals surface area contributed by atoms with Gasteiger partial charge < -0.3 is 4.52 Å². The minimum atomic E-state index is -0.334. The van der Waals surface area contributed by atoms with Crippen LogP contribution in [-0.2, 0) is 5.75 Å². The Balaban J connectivity index is 1.80. The maximum absolute atomic E-state index is 13.2. The van der Waals surface area contributed by atoms with Gasteiger partial charge in [-0.3, -0.25) is 0 Å². The second-order valence-corrected chi connectivity index (χ2v) is 5.02. The Morgan fingerprint density at radius 3 is 3.00 bits per heavy atom. The highest BCUT2D eigenvalue weighted by molar-refractivity contribution is 7.98. The van der Waals surface area contributed by atoms with Gasteiger partial charge in [0.25, 0.3) is 0 Å². The van der Waals surface area contributed by atoms with Crippen LogP contribution in [0.2, 0.25) is 0 Å². The summed E-state index contributed by atoms with van der Waals surface area (Å²) in [4.78, 5) is 0. The summed E-state index contributed by atoms with van der Waals surface area (Å²) in [5.41, 5.74) is 1.40. The molecule has 0 aliphatic heterocycles. The van der Waals surface area contributed by atoms with Crippen molar-refractivity contribution in [2.45, 2.75) is 17.8 Å². The molecule has 0 aliphatic rings. The summed E-state index contributed by atoms with van der Waals surface area (Å²) in [6.07, 6.45) is 0. The number of tetrazole rings is 1. The van der Waals surface area contributed by atoms with Gasteiger partial charge in [-0.15, -0.1) is 5.10 Å². The van der Waals surface area contributed by atoms with Gasteiger partial charge in [0, 0.05) is 6.07 Å². The van der Waals surface area contributed by atoms with Crippen LogP contribution in [0.5, 0.6) is 0 Å². The van der Waals surface area contributed by atoms with Crippen molar-refractivity contribution in [3.63, 3.8) is 0 Å². The topological polar surface area (TPSA) is 69.6 Å². The summed E-state index contributed by atoms with van der Waals surface area (Å²) in [5.74, 6) is 0.956. The molecule has 0 bridgehead atoms. The van der Waals surface area contributed by atoms with Crippen molar-refractivity contribution in [1.82, 2.24) is 25.4 Å². The van der Waals surface area contributed by atoms with Crippen molar-refractivity contribution >= 4 is 11.8 Å². The van der Waals surface area contributed by atoms with Crippen molar-refractivity contribution in [2.75, 3.05) is 0 Å². The number of benzene rings is 1. The molecule has 2 aromatic heterocycles. The van der Waals surface area contributed by atoms with Gasteiger partial charge >= 0.3 is 0 Å². The molecular formula is C12H10FN5OS. The maximum atomic E-state index is 13.2. The fourth-order valence-electron chi connectivity index (χ4n) is 1.66. The molecule has 0 aliphatic carbocycles. The number of hydrogen-bond acceptors (Lipinski definition) is 6. The zero-order chi connectivity index (χ0) is 13.9. The Bertz CT molecular complexity index is 726. The van der Waals surface area contributed by atoms with E-state index < -0.39 is 0 Å². The van der Waals surface area contributed by atoms with E-state index in [2.05, 4.69) is 20.7 Å². The number of rotatable bonds is 4. The van der Waals surface area contributed by atoms with Gasteiger partial charge in [0.1, 0.15) is 11.6 Å². The zero-order valence-electron chi connectivity index (χ0n) is 10.5. The van der Waals surface area contributed by atoms with Gasteiger partial charge in [0.05, 0.1) is 17.1 Å². The van der Waals surface area contributed by atoms with Gasteiger partial charge in [-0.05, 0) is 35.5 Å². The predicted molar refractivity (Wildman–Crippen MR) is 69.9 cm³/mol. The summed E-state index contributed by atoms with van der Waals surface area (Å²) in [7, 11) is 0. The van der Waals surface area contributed by atoms with E-state index in [9.17, 15) is 4.39 Å². The van der Waals surface area contributed by atoms with E-state index in [0.29, 0.717) is 16.6 Å². The van der Waals surface area contributed by atoms with Crippen molar-refractivity contribution in [1.29, 1.82) is 0 Å². The summed E-state index contributed by atoms with van der Waals surface area (Å²) in [5, 5.41) is 15.8. The highest BCUT2D eigenvalue weighted by Crippen LogP contribution is 2.22. The Hall–Kier alpha value is -2.22. The first-order chi connectivity index (χ1) is 9.72. The fraction of sp³-hybridized carbons (Fsp3) is 0.167. The molecule has 0 spiro atoms. The lowest BCUT2D eigenvalue weighted by atomic mass is 10.3. The van der Waals surface area contributed by atoms with E-state index in [1.165, 1.54) is 28.6 Å². The minimum Gasteiger partial charge on any atom is -0.360 e. The van der Waals surface area contributed by atoms with Crippen LogP contribution in [0.15, 0.2) is 40.0 Å². The molecule has 0 N–H and O–H groups in total. The highest BCUT2D eigenvalue weighted by Gasteiger charge is 2.11. The number of nitrogens with zero attached hydrogens (tertiary/aromatic N) is 5. The van der Waals surface area contributed by atoms with Crippen LogP contribution in [0.4, 0.5) is 4.39 Å². The first-order valence-electron chi connectivity index (χ1n) is 5.82. The van der Waals surface area contributed by atoms with Crippen molar-refractivity contribution in [3.05, 3.63) is 47.6 Å². The molecule has 0 atom stereocenters. The van der Waals surface area contributed by atoms with E-state index in [1.54, 1.807) is 12.1 Å². The van der Waals surface area contributed by atoms with E-state index in [-0.39, 0.29) is 5.82 Å². The number of halogens is 1. The van der Waals surface area contributed by atoms with Gasteiger partial charge in [-0.25, -0.2) is 4.39 Å². The van der Waals surface area contributed by atoms with Crippen LogP contribution in [0.1, 0.15) is 11.5 Å². The maximum Gasteiger partial charge on any atom is 0.214 e. The SMILES string of the molecule is Cc1cc(CSc2nnnn2-c2cccc(F)c2)on1. The van der Waals surface area contributed by atoms with Gasteiger partial charge in [-0.2, -0.15) is 4.68 Å². The third-order valence-corrected chi connectivity index (χ3v) is 3.46. The quantitative estimate of drug-likeness (QED) is 0.687. The third-order valence-electron chi connectivity index (χ3n) is 2.51. The number of aryl methyl sites for hydroxylation is 1. The molecule has 3 rings (SSSR count). The average Bonchev–Trinajstić information content (AvgIpc) is 3.05. The molecule has 0 saturated carbocycles. The number of hydrogen-bond donors (Lipinski definition) is 0. The van der Waals surface area contributed by atoms with Crippen molar-refractivity contribution in [3.8, 4) is 5.69 Å². The minimum absolute atomic E-state index is 0.334. The van der Waals surface area contributed by atoms with E-state index in [0.717, 1.165) is 11.5 Å². The van der Waals surface area contributed by atoms with Gasteiger partial charge in [-0.1, -0.05) is 23.0 Å². The molecule has 1 aromatic carbocycles. The molecule has 3 aromatic rings. The van der Waals surface area contributed by atoms with Crippen molar-refractivity contribution < 1.29 is 8.91 Å². The molecule has 0 saturated heterocycles. The van der Waals surface area contributed by atoms with Gasteiger partial charge in [0.15, 0.2) is 0 Å². The van der Waals surface area contributed by atoms with Gasteiger partial charge in [0.2, 0.25) is 5.16 Å². The Kier molecular flexibility index (Phi) is 3.46. The van der Waals surface area contributed by atoms with E-state index >= 15 is 0 Å². The Labute approximate surface area is 118 Å². The Morgan fingerprint density at radius 1 is 1.35 bits per heavy atom. The van der Waals surface area contributed by atoms with E-state index in [4.69, 9.17) is 4.52 Å². The highest BCUT2D eigenvalue weighted by atomic mass is 32.2. The standard InChI is InChI=1S/C12H10FN5OS/c1-8-5-11(19-15-8)7-20-12-14-16-17-18(12)10-4-2-3-9(13)6-10/h2-6H,7H2,1H3. The smallest absolute Gasteiger partial charge is 0.214 e. The van der Waals surface area contributed by atoms with Crippen LogP contribution >= 0.6 is 11.8 Å². The molecule has 0 fully saturated rings. The molecule has 0 unspecified atom stereocenters. The average molecular weight is 291 g/mol. The second-order valence-electron chi connectivity index (χ2n) is 4.08. The lowest BCUT2D eigenvalue weighted by Crippen LogP contribution is -1.99. The van der Waals surface area contributed by atoms with Crippen LogP contribution in [0.3, 0.4) is 0 Å². The summed E-state index contributed by atoms with van der Waals surface area (Å²) >= 11 is 1.39. The zero-order valence-corrected chi connectivity index (χ0v) is 11.3. The largest absolute Gasteiger partial charge is 0.360 e. The molecule has 0 amide bonds. The second kappa shape index (κ2) is 5.41. The lowest BCUT2D eigenvalue weighted by Gasteiger charge is -2.03. The molecular weight excluding hydrogens is 281 g/mol. The van der Waals surface area contributed by atoms with Crippen LogP contribution < -0.4 is 0 Å². The van der Waals surface area contributed by atoms with E-state index in [1.807, 2.05) is 13.0 Å². The monoisotopic (exact) mass is 291 g/mol. The van der Waals surface area contributed by atoms with Crippen LogP contribution in [0.25, 0.3) is 5.69 Å². The molecule has 6 nitrogen and oxygen atoms in total. The van der Waals surface area contributed by atoms with Crippen LogP contribution in [-0.4, -0.2) is 25.4 Å². The predicted octanol–water partition coefficient (Wildman–Crippen LogP) is 2.39. The first-order valence-corrected chi connectivity index (χ1v) is 6.80.